The van der Waals surface area contributed by atoms with E-state index in [9.17, 15) is 5.11 Å². The van der Waals surface area contributed by atoms with E-state index in [-0.39, 0.29) is 0 Å². The molecule has 0 aliphatic carbocycles. The molecule has 100 valence electrons. The molecule has 0 aliphatic rings. The molecule has 2 rings (SSSR count). The Morgan fingerprint density at radius 2 is 1.84 bits per heavy atom. The largest absolute Gasteiger partial charge is 0.496 e. The Hall–Kier alpha value is -1.07. The quantitative estimate of drug-likeness (QED) is 0.830. The average molecular weight is 368 g/mol. The molecule has 0 heterocycles. The summed E-state index contributed by atoms with van der Waals surface area (Å²) in [7, 11) is 1.65. The van der Waals surface area contributed by atoms with Crippen LogP contribution in [0, 0.1) is 17.4 Å². The van der Waals surface area contributed by atoms with Gasteiger partial charge < -0.3 is 9.84 Å². The van der Waals surface area contributed by atoms with Crippen molar-refractivity contribution in [1.29, 1.82) is 0 Å². The maximum absolute atomic E-state index is 10.5. The number of rotatable bonds is 3. The second kappa shape index (κ2) is 5.92. The van der Waals surface area contributed by atoms with Crippen LogP contribution >= 0.6 is 22.6 Å². The van der Waals surface area contributed by atoms with Gasteiger partial charge in [0.05, 0.1) is 7.11 Å². The number of halogens is 1. The van der Waals surface area contributed by atoms with Crippen molar-refractivity contribution in [3.8, 4) is 5.75 Å². The van der Waals surface area contributed by atoms with Crippen LogP contribution in [0.25, 0.3) is 0 Å². The third-order valence-electron chi connectivity index (χ3n) is 3.25. The SMILES string of the molecule is COc1ccc(C(O)c2cccc(C)c2I)cc1C. The highest BCUT2D eigenvalue weighted by atomic mass is 127. The van der Waals surface area contributed by atoms with Crippen LogP contribution in [0.15, 0.2) is 36.4 Å². The van der Waals surface area contributed by atoms with Crippen LogP contribution in [-0.2, 0) is 0 Å². The average Bonchev–Trinajstić information content (AvgIpc) is 2.41. The van der Waals surface area contributed by atoms with Gasteiger partial charge in [-0.3, -0.25) is 0 Å². The Morgan fingerprint density at radius 1 is 1.11 bits per heavy atom. The van der Waals surface area contributed by atoms with E-state index in [1.807, 2.05) is 37.3 Å². The highest BCUT2D eigenvalue weighted by Gasteiger charge is 2.15. The molecule has 2 nitrogen and oxygen atoms in total. The Bertz CT molecular complexity index is 593. The summed E-state index contributed by atoms with van der Waals surface area (Å²) in [6, 6.07) is 11.8. The maximum atomic E-state index is 10.5. The van der Waals surface area contributed by atoms with Gasteiger partial charge in [-0.1, -0.05) is 24.3 Å². The number of benzene rings is 2. The first-order valence-corrected chi connectivity index (χ1v) is 7.20. The molecule has 0 saturated heterocycles. The summed E-state index contributed by atoms with van der Waals surface area (Å²) in [5.41, 5.74) is 4.05. The molecule has 1 unspecified atom stereocenters. The van der Waals surface area contributed by atoms with Crippen LogP contribution in [0.5, 0.6) is 5.75 Å². The van der Waals surface area contributed by atoms with Gasteiger partial charge in [-0.15, -0.1) is 0 Å². The highest BCUT2D eigenvalue weighted by Crippen LogP contribution is 2.30. The zero-order valence-corrected chi connectivity index (χ0v) is 13.4. The molecule has 0 fully saturated rings. The molecule has 0 bridgehead atoms. The van der Waals surface area contributed by atoms with Crippen molar-refractivity contribution in [2.75, 3.05) is 7.11 Å². The molecule has 2 aromatic carbocycles. The van der Waals surface area contributed by atoms with E-state index in [0.29, 0.717) is 0 Å². The number of aliphatic hydroxyl groups excluding tert-OH is 1. The molecule has 0 aromatic heterocycles. The van der Waals surface area contributed by atoms with E-state index in [4.69, 9.17) is 4.74 Å². The zero-order chi connectivity index (χ0) is 14.0. The van der Waals surface area contributed by atoms with E-state index in [1.54, 1.807) is 7.11 Å². The summed E-state index contributed by atoms with van der Waals surface area (Å²) < 4.78 is 6.36. The monoisotopic (exact) mass is 368 g/mol. The third kappa shape index (κ3) is 2.92. The standard InChI is InChI=1S/C16H17IO2/c1-10-5-4-6-13(15(10)17)16(18)12-7-8-14(19-3)11(2)9-12/h4-9,16,18H,1-3H3. The van der Waals surface area contributed by atoms with E-state index in [2.05, 4.69) is 35.6 Å². The van der Waals surface area contributed by atoms with Crippen LogP contribution in [0.2, 0.25) is 0 Å². The Balaban J connectivity index is 2.41. The molecule has 0 spiro atoms. The first-order valence-electron chi connectivity index (χ1n) is 6.12. The predicted molar refractivity (Wildman–Crippen MR) is 85.7 cm³/mol. The van der Waals surface area contributed by atoms with Gasteiger partial charge >= 0.3 is 0 Å². The Kier molecular flexibility index (Phi) is 4.47. The van der Waals surface area contributed by atoms with Gasteiger partial charge in [-0.05, 0) is 70.8 Å². The number of aliphatic hydroxyl groups is 1. The van der Waals surface area contributed by atoms with Crippen LogP contribution in [0.1, 0.15) is 28.4 Å². The molecule has 3 heteroatoms. The lowest BCUT2D eigenvalue weighted by atomic mass is 9.98. The topological polar surface area (TPSA) is 29.5 Å². The first kappa shape index (κ1) is 14.3. The number of ether oxygens (including phenoxy) is 1. The van der Waals surface area contributed by atoms with E-state index in [1.165, 1.54) is 5.56 Å². The second-order valence-electron chi connectivity index (χ2n) is 4.61. The molecule has 0 saturated carbocycles. The molecule has 1 atom stereocenters. The minimum absolute atomic E-state index is 0.601. The molecule has 2 aromatic rings. The molecule has 0 radical (unpaired) electrons. The van der Waals surface area contributed by atoms with Gasteiger partial charge in [0.15, 0.2) is 0 Å². The summed E-state index contributed by atoms with van der Waals surface area (Å²) in [6.07, 6.45) is -0.601. The van der Waals surface area contributed by atoms with Gasteiger partial charge in [0.2, 0.25) is 0 Å². The van der Waals surface area contributed by atoms with Crippen LogP contribution < -0.4 is 4.74 Å². The minimum Gasteiger partial charge on any atom is -0.496 e. The van der Waals surface area contributed by atoms with Crippen molar-refractivity contribution in [2.24, 2.45) is 0 Å². The summed E-state index contributed by atoms with van der Waals surface area (Å²) >= 11 is 2.28. The van der Waals surface area contributed by atoms with Crippen molar-refractivity contribution in [1.82, 2.24) is 0 Å². The normalized spacial score (nSPS) is 12.3. The van der Waals surface area contributed by atoms with Crippen LogP contribution in [0.4, 0.5) is 0 Å². The lowest BCUT2D eigenvalue weighted by molar-refractivity contribution is 0.219. The number of hydrogen-bond acceptors (Lipinski definition) is 2. The fraction of sp³-hybridized carbons (Fsp3) is 0.250. The molecule has 19 heavy (non-hydrogen) atoms. The second-order valence-corrected chi connectivity index (χ2v) is 5.69. The molecule has 0 aliphatic heterocycles. The Labute approximate surface area is 127 Å². The van der Waals surface area contributed by atoms with Gasteiger partial charge in [-0.25, -0.2) is 0 Å². The molecular formula is C16H17IO2. The molecule has 1 N–H and O–H groups in total. The molecular weight excluding hydrogens is 351 g/mol. The fourth-order valence-corrected chi connectivity index (χ4v) is 2.79. The van der Waals surface area contributed by atoms with E-state index < -0.39 is 6.10 Å². The fourth-order valence-electron chi connectivity index (χ4n) is 2.13. The van der Waals surface area contributed by atoms with Gasteiger partial charge in [0.25, 0.3) is 0 Å². The van der Waals surface area contributed by atoms with Gasteiger partial charge in [0, 0.05) is 3.57 Å². The van der Waals surface area contributed by atoms with Gasteiger partial charge in [-0.2, -0.15) is 0 Å². The third-order valence-corrected chi connectivity index (χ3v) is 4.72. The summed E-state index contributed by atoms with van der Waals surface area (Å²) in [5.74, 6) is 0.842. The minimum atomic E-state index is -0.601. The summed E-state index contributed by atoms with van der Waals surface area (Å²) in [6.45, 7) is 4.04. The summed E-state index contributed by atoms with van der Waals surface area (Å²) in [5, 5.41) is 10.5. The van der Waals surface area contributed by atoms with E-state index in [0.717, 1.165) is 26.0 Å². The lowest BCUT2D eigenvalue weighted by Gasteiger charge is -2.16. The number of aryl methyl sites for hydroxylation is 2. The Morgan fingerprint density at radius 3 is 2.47 bits per heavy atom. The highest BCUT2D eigenvalue weighted by molar-refractivity contribution is 14.1. The van der Waals surface area contributed by atoms with Crippen molar-refractivity contribution in [3.63, 3.8) is 0 Å². The first-order chi connectivity index (χ1) is 9.04. The van der Waals surface area contributed by atoms with Crippen molar-refractivity contribution >= 4 is 22.6 Å². The number of hydrogen-bond donors (Lipinski definition) is 1. The van der Waals surface area contributed by atoms with Gasteiger partial charge in [0.1, 0.15) is 11.9 Å². The maximum Gasteiger partial charge on any atom is 0.121 e. The van der Waals surface area contributed by atoms with Crippen molar-refractivity contribution in [3.05, 3.63) is 62.2 Å². The predicted octanol–water partition coefficient (Wildman–Crippen LogP) is 4.00. The van der Waals surface area contributed by atoms with Crippen LogP contribution in [-0.4, -0.2) is 12.2 Å². The number of methoxy groups -OCH3 is 1. The van der Waals surface area contributed by atoms with Crippen molar-refractivity contribution in [2.45, 2.75) is 20.0 Å². The zero-order valence-electron chi connectivity index (χ0n) is 11.3. The lowest BCUT2D eigenvalue weighted by Crippen LogP contribution is -2.03. The van der Waals surface area contributed by atoms with E-state index >= 15 is 0 Å². The smallest absolute Gasteiger partial charge is 0.121 e. The van der Waals surface area contributed by atoms with Crippen LogP contribution in [0.3, 0.4) is 0 Å². The molecule has 0 amide bonds. The summed E-state index contributed by atoms with van der Waals surface area (Å²) in [4.78, 5) is 0. The van der Waals surface area contributed by atoms with Crippen molar-refractivity contribution < 1.29 is 9.84 Å².